The van der Waals surface area contributed by atoms with E-state index in [9.17, 15) is 10.5 Å². The molecule has 0 amide bonds. The highest BCUT2D eigenvalue weighted by atomic mass is 32.1. The van der Waals surface area contributed by atoms with Crippen molar-refractivity contribution in [1.29, 1.82) is 10.5 Å². The van der Waals surface area contributed by atoms with Gasteiger partial charge in [0, 0.05) is 28.8 Å². The fraction of sp³-hybridized carbons (Fsp3) is 0.111. The first-order chi connectivity index (χ1) is 16.3. The second-order valence-electron chi connectivity index (χ2n) is 7.73. The lowest BCUT2D eigenvalue weighted by Gasteiger charge is -2.17. The maximum absolute atomic E-state index is 9.84. The van der Waals surface area contributed by atoms with Crippen molar-refractivity contribution in [3.05, 3.63) is 102 Å². The molecule has 5 rings (SSSR count). The molecule has 6 heteroatoms. The molecule has 0 saturated heterocycles. The quantitative estimate of drug-likeness (QED) is 0.314. The third-order valence-electron chi connectivity index (χ3n) is 5.68. The van der Waals surface area contributed by atoms with Crippen molar-refractivity contribution in [3.63, 3.8) is 0 Å². The highest BCUT2D eigenvalue weighted by Crippen LogP contribution is 2.37. The fourth-order valence-corrected chi connectivity index (χ4v) is 4.77. The van der Waals surface area contributed by atoms with Crippen LogP contribution in [0.15, 0.2) is 90.4 Å². The topological polar surface area (TPSA) is 78.3 Å². The van der Waals surface area contributed by atoms with Gasteiger partial charge in [0.15, 0.2) is 0 Å². The largest absolute Gasteiger partial charge is 0.253 e. The smallest absolute Gasteiger partial charge is 0.140 e. The zero-order chi connectivity index (χ0) is 22.6. The van der Waals surface area contributed by atoms with E-state index in [1.54, 1.807) is 11.3 Å². The van der Waals surface area contributed by atoms with Crippen LogP contribution in [0.1, 0.15) is 17.2 Å². The molecule has 0 saturated carbocycles. The van der Waals surface area contributed by atoms with Gasteiger partial charge in [-0.3, -0.25) is 4.98 Å². The standard InChI is InChI=1S/C27H19N5S/c28-16-20(17-29)23(15-21-13-12-19-7-4-5-10-25(19)30-21)24-18-32(22-8-2-1-3-9-22)31-27(24)26-11-6-14-33-26/h1-14,18,20,23H,15H2. The van der Waals surface area contributed by atoms with Gasteiger partial charge in [0.25, 0.3) is 0 Å². The molecule has 33 heavy (non-hydrogen) atoms. The monoisotopic (exact) mass is 445 g/mol. The maximum Gasteiger partial charge on any atom is 0.140 e. The number of fused-ring (bicyclic) bond motifs is 1. The van der Waals surface area contributed by atoms with E-state index in [2.05, 4.69) is 12.1 Å². The molecule has 5 nitrogen and oxygen atoms in total. The summed E-state index contributed by atoms with van der Waals surface area (Å²) in [6.45, 7) is 0. The number of nitrogens with zero attached hydrogens (tertiary/aromatic N) is 5. The molecule has 0 radical (unpaired) electrons. The van der Waals surface area contributed by atoms with Crippen molar-refractivity contribution in [1.82, 2.24) is 14.8 Å². The second-order valence-corrected chi connectivity index (χ2v) is 8.68. The lowest BCUT2D eigenvalue weighted by atomic mass is 9.84. The van der Waals surface area contributed by atoms with Crippen LogP contribution >= 0.6 is 11.3 Å². The van der Waals surface area contributed by atoms with E-state index < -0.39 is 5.92 Å². The van der Waals surface area contributed by atoms with Gasteiger partial charge in [-0.2, -0.15) is 15.6 Å². The second kappa shape index (κ2) is 9.08. The Bertz CT molecular complexity index is 1460. The third-order valence-corrected chi connectivity index (χ3v) is 6.56. The summed E-state index contributed by atoms with van der Waals surface area (Å²) >= 11 is 1.59. The Labute approximate surface area is 195 Å². The van der Waals surface area contributed by atoms with Crippen molar-refractivity contribution >= 4 is 22.2 Å². The molecular weight excluding hydrogens is 426 g/mol. The van der Waals surface area contributed by atoms with E-state index in [0.717, 1.165) is 38.4 Å². The van der Waals surface area contributed by atoms with E-state index in [1.807, 2.05) is 95.1 Å². The number of nitriles is 2. The average Bonchev–Trinajstić information content (AvgIpc) is 3.55. The van der Waals surface area contributed by atoms with E-state index >= 15 is 0 Å². The van der Waals surface area contributed by atoms with Gasteiger partial charge >= 0.3 is 0 Å². The number of thiophene rings is 1. The van der Waals surface area contributed by atoms with Gasteiger partial charge < -0.3 is 0 Å². The Morgan fingerprint density at radius 1 is 0.879 bits per heavy atom. The molecule has 0 aliphatic rings. The highest BCUT2D eigenvalue weighted by molar-refractivity contribution is 7.13. The van der Waals surface area contributed by atoms with Gasteiger partial charge in [-0.25, -0.2) is 4.68 Å². The van der Waals surface area contributed by atoms with E-state index in [0.29, 0.717) is 6.42 Å². The molecule has 0 bridgehead atoms. The molecule has 2 aromatic carbocycles. The fourth-order valence-electron chi connectivity index (χ4n) is 4.04. The van der Waals surface area contributed by atoms with Crippen LogP contribution in [0.5, 0.6) is 0 Å². The number of rotatable bonds is 6. The first-order valence-electron chi connectivity index (χ1n) is 10.6. The van der Waals surface area contributed by atoms with Crippen LogP contribution < -0.4 is 0 Å². The first kappa shape index (κ1) is 20.6. The van der Waals surface area contributed by atoms with E-state index in [1.165, 1.54) is 0 Å². The van der Waals surface area contributed by atoms with Gasteiger partial charge in [-0.05, 0) is 42.1 Å². The number of aromatic nitrogens is 3. The minimum absolute atomic E-state index is 0.372. The molecule has 0 fully saturated rings. The molecule has 5 aromatic rings. The van der Waals surface area contributed by atoms with Gasteiger partial charge in [0.1, 0.15) is 11.6 Å². The molecular formula is C27H19N5S. The number of hydrogen-bond acceptors (Lipinski definition) is 5. The number of pyridine rings is 1. The molecule has 1 unspecified atom stereocenters. The van der Waals surface area contributed by atoms with Crippen molar-refractivity contribution in [2.24, 2.45) is 5.92 Å². The van der Waals surface area contributed by atoms with E-state index in [4.69, 9.17) is 10.1 Å². The Morgan fingerprint density at radius 2 is 1.67 bits per heavy atom. The average molecular weight is 446 g/mol. The Hall–Kier alpha value is -4.26. The van der Waals surface area contributed by atoms with Gasteiger partial charge in [0.2, 0.25) is 0 Å². The van der Waals surface area contributed by atoms with Crippen molar-refractivity contribution < 1.29 is 0 Å². The van der Waals surface area contributed by atoms with Crippen LogP contribution in [-0.2, 0) is 6.42 Å². The summed E-state index contributed by atoms with van der Waals surface area (Å²) in [4.78, 5) is 5.81. The van der Waals surface area contributed by atoms with Gasteiger partial charge in [-0.15, -0.1) is 11.3 Å². The van der Waals surface area contributed by atoms with Crippen LogP contribution in [0, 0.1) is 28.6 Å². The summed E-state index contributed by atoms with van der Waals surface area (Å²) < 4.78 is 1.83. The molecule has 3 aromatic heterocycles. The predicted octanol–water partition coefficient (Wildman–Crippen LogP) is 6.14. The summed E-state index contributed by atoms with van der Waals surface area (Å²) in [6, 6.07) is 30.2. The van der Waals surface area contributed by atoms with Crippen molar-refractivity contribution in [2.45, 2.75) is 12.3 Å². The molecule has 0 N–H and O–H groups in total. The Morgan fingerprint density at radius 3 is 2.42 bits per heavy atom. The zero-order valence-corrected chi connectivity index (χ0v) is 18.5. The molecule has 1 atom stereocenters. The van der Waals surface area contributed by atoms with E-state index in [-0.39, 0.29) is 5.92 Å². The minimum Gasteiger partial charge on any atom is -0.253 e. The van der Waals surface area contributed by atoms with Crippen molar-refractivity contribution in [3.8, 4) is 28.4 Å². The van der Waals surface area contributed by atoms with Gasteiger partial charge in [-0.1, -0.05) is 48.5 Å². The summed E-state index contributed by atoms with van der Waals surface area (Å²) in [5, 5.41) is 27.6. The minimum atomic E-state index is -0.828. The van der Waals surface area contributed by atoms with Crippen molar-refractivity contribution in [2.75, 3.05) is 0 Å². The summed E-state index contributed by atoms with van der Waals surface area (Å²) in [5.74, 6) is -1.20. The summed E-state index contributed by atoms with van der Waals surface area (Å²) in [6.07, 6.45) is 2.42. The summed E-state index contributed by atoms with van der Waals surface area (Å²) in [5.41, 5.74) is 4.35. The highest BCUT2D eigenvalue weighted by Gasteiger charge is 2.29. The van der Waals surface area contributed by atoms with Crippen LogP contribution in [0.25, 0.3) is 27.2 Å². The molecule has 158 valence electrons. The zero-order valence-electron chi connectivity index (χ0n) is 17.7. The Kier molecular flexibility index (Phi) is 5.68. The predicted molar refractivity (Wildman–Crippen MR) is 130 cm³/mol. The lowest BCUT2D eigenvalue weighted by molar-refractivity contribution is 0.602. The normalized spacial score (nSPS) is 11.8. The molecule has 0 spiro atoms. The molecule has 3 heterocycles. The number of para-hydroxylation sites is 2. The van der Waals surface area contributed by atoms with Crippen LogP contribution in [-0.4, -0.2) is 14.8 Å². The molecule has 0 aliphatic carbocycles. The number of benzene rings is 2. The SMILES string of the molecule is N#CC(C#N)C(Cc1ccc2ccccc2n1)c1cn(-c2ccccc2)nc1-c1cccs1. The number of hydrogen-bond donors (Lipinski definition) is 0. The van der Waals surface area contributed by atoms with Crippen LogP contribution in [0.4, 0.5) is 0 Å². The lowest BCUT2D eigenvalue weighted by Crippen LogP contribution is -2.14. The van der Waals surface area contributed by atoms with Crippen LogP contribution in [0.3, 0.4) is 0 Å². The van der Waals surface area contributed by atoms with Crippen LogP contribution in [0.2, 0.25) is 0 Å². The summed E-state index contributed by atoms with van der Waals surface area (Å²) in [7, 11) is 0. The molecule has 0 aliphatic heterocycles. The maximum atomic E-state index is 9.84. The third kappa shape index (κ3) is 4.13. The Balaban J connectivity index is 1.63. The van der Waals surface area contributed by atoms with Gasteiger partial charge in [0.05, 0.1) is 28.2 Å². The first-order valence-corrected chi connectivity index (χ1v) is 11.5.